The van der Waals surface area contributed by atoms with E-state index in [0.29, 0.717) is 0 Å². The maximum absolute atomic E-state index is 4.52. The zero-order valence-corrected chi connectivity index (χ0v) is 17.6. The Hall–Kier alpha value is -3.08. The molecule has 5 heteroatoms. The van der Waals surface area contributed by atoms with Crippen molar-refractivity contribution in [1.29, 1.82) is 0 Å². The summed E-state index contributed by atoms with van der Waals surface area (Å²) in [5, 5.41) is 6.86. The lowest BCUT2D eigenvalue weighted by molar-refractivity contribution is 0.508. The average Bonchev–Trinajstić information content (AvgIpc) is 3.18. The fourth-order valence-corrected chi connectivity index (χ4v) is 3.30. The summed E-state index contributed by atoms with van der Waals surface area (Å²) in [4.78, 5) is 8.88. The average molecular weight is 390 g/mol. The predicted octanol–water partition coefficient (Wildman–Crippen LogP) is 3.62. The van der Waals surface area contributed by atoms with E-state index in [0.717, 1.165) is 37.8 Å². The molecule has 0 spiro atoms. The smallest absolute Gasteiger partial charge is 0.191 e. The molecule has 0 amide bonds. The van der Waals surface area contributed by atoms with Gasteiger partial charge in [-0.3, -0.25) is 4.99 Å². The van der Waals surface area contributed by atoms with Crippen LogP contribution < -0.4 is 10.6 Å². The van der Waals surface area contributed by atoms with Gasteiger partial charge < -0.3 is 15.2 Å². The molecule has 3 rings (SSSR count). The molecule has 0 saturated heterocycles. The number of imidazole rings is 1. The molecule has 1 heterocycles. The van der Waals surface area contributed by atoms with Gasteiger partial charge in [0.05, 0.1) is 0 Å². The van der Waals surface area contributed by atoms with Crippen molar-refractivity contribution < 1.29 is 0 Å². The highest BCUT2D eigenvalue weighted by atomic mass is 15.2. The lowest BCUT2D eigenvalue weighted by Crippen LogP contribution is -2.44. The van der Waals surface area contributed by atoms with E-state index in [4.69, 9.17) is 0 Å². The van der Waals surface area contributed by atoms with Gasteiger partial charge in [0.2, 0.25) is 0 Å². The molecule has 152 valence electrons. The molecule has 0 unspecified atom stereocenters. The highest BCUT2D eigenvalue weighted by molar-refractivity contribution is 5.79. The van der Waals surface area contributed by atoms with Crippen LogP contribution in [-0.2, 0) is 18.4 Å². The third-order valence-corrected chi connectivity index (χ3v) is 5.12. The third-order valence-electron chi connectivity index (χ3n) is 5.12. The van der Waals surface area contributed by atoms with Gasteiger partial charge in [0.25, 0.3) is 0 Å². The number of benzene rings is 2. The summed E-state index contributed by atoms with van der Waals surface area (Å²) >= 11 is 0. The van der Waals surface area contributed by atoms with Crippen molar-refractivity contribution in [2.75, 3.05) is 20.1 Å². The van der Waals surface area contributed by atoms with E-state index >= 15 is 0 Å². The Morgan fingerprint density at radius 1 is 1.00 bits per heavy atom. The Bertz CT molecular complexity index is 897. The Morgan fingerprint density at radius 2 is 1.69 bits per heavy atom. The normalized spacial score (nSPS) is 12.0. The Labute approximate surface area is 173 Å². The first kappa shape index (κ1) is 20.6. The summed E-state index contributed by atoms with van der Waals surface area (Å²) in [6.07, 6.45) is 4.74. The lowest BCUT2D eigenvalue weighted by atomic mass is 9.85. The molecular formula is C24H31N5. The minimum atomic E-state index is 0.0187. The molecule has 1 aromatic heterocycles. The number of hydrogen-bond acceptors (Lipinski definition) is 2. The van der Waals surface area contributed by atoms with Crippen LogP contribution in [0, 0.1) is 0 Å². The first-order valence-electron chi connectivity index (χ1n) is 10.1. The van der Waals surface area contributed by atoms with E-state index in [-0.39, 0.29) is 5.41 Å². The second-order valence-corrected chi connectivity index (χ2v) is 7.81. The minimum Gasteiger partial charge on any atom is -0.356 e. The van der Waals surface area contributed by atoms with E-state index in [2.05, 4.69) is 93.6 Å². The van der Waals surface area contributed by atoms with Gasteiger partial charge in [-0.1, -0.05) is 74.5 Å². The van der Waals surface area contributed by atoms with Crippen LogP contribution in [0.15, 0.2) is 78.0 Å². The largest absolute Gasteiger partial charge is 0.356 e. The molecule has 2 aromatic carbocycles. The molecule has 29 heavy (non-hydrogen) atoms. The highest BCUT2D eigenvalue weighted by Gasteiger charge is 2.20. The van der Waals surface area contributed by atoms with E-state index < -0.39 is 0 Å². The number of nitrogens with zero attached hydrogens (tertiary/aromatic N) is 3. The molecule has 0 fully saturated rings. The summed E-state index contributed by atoms with van der Waals surface area (Å²) < 4.78 is 2.20. The van der Waals surface area contributed by atoms with Crippen molar-refractivity contribution in [3.8, 4) is 0 Å². The van der Waals surface area contributed by atoms with Crippen molar-refractivity contribution >= 4 is 5.96 Å². The molecule has 0 atom stereocenters. The summed E-state index contributed by atoms with van der Waals surface area (Å²) in [5.74, 6) is 1.89. The van der Waals surface area contributed by atoms with Crippen LogP contribution in [0.5, 0.6) is 0 Å². The van der Waals surface area contributed by atoms with Gasteiger partial charge in [0.1, 0.15) is 5.82 Å². The summed E-state index contributed by atoms with van der Waals surface area (Å²) in [6, 6.07) is 21.0. The Kier molecular flexibility index (Phi) is 7.06. The Morgan fingerprint density at radius 3 is 2.38 bits per heavy atom. The van der Waals surface area contributed by atoms with Gasteiger partial charge in [-0.2, -0.15) is 0 Å². The van der Waals surface area contributed by atoms with Gasteiger partial charge in [0, 0.05) is 50.9 Å². The number of rotatable bonds is 8. The van der Waals surface area contributed by atoms with Crippen molar-refractivity contribution in [2.45, 2.75) is 32.2 Å². The van der Waals surface area contributed by atoms with Crippen molar-refractivity contribution in [3.05, 3.63) is 90.0 Å². The van der Waals surface area contributed by atoms with E-state index in [1.165, 1.54) is 11.1 Å². The van der Waals surface area contributed by atoms with Crippen molar-refractivity contribution in [3.63, 3.8) is 0 Å². The molecule has 0 radical (unpaired) electrons. The number of guanidine groups is 1. The fourth-order valence-electron chi connectivity index (χ4n) is 3.30. The monoisotopic (exact) mass is 389 g/mol. The van der Waals surface area contributed by atoms with Gasteiger partial charge in [-0.15, -0.1) is 0 Å². The molecule has 0 aliphatic heterocycles. The molecule has 0 aliphatic rings. The first-order valence-corrected chi connectivity index (χ1v) is 10.1. The maximum atomic E-state index is 4.52. The van der Waals surface area contributed by atoms with Gasteiger partial charge in [0.15, 0.2) is 5.96 Å². The second kappa shape index (κ2) is 9.92. The van der Waals surface area contributed by atoms with Crippen LogP contribution in [-0.4, -0.2) is 35.6 Å². The van der Waals surface area contributed by atoms with E-state index in [9.17, 15) is 0 Å². The van der Waals surface area contributed by atoms with Crippen LogP contribution in [0.1, 0.15) is 30.8 Å². The molecule has 0 aliphatic carbocycles. The Balaban J connectivity index is 1.49. The molecule has 5 nitrogen and oxygen atoms in total. The van der Waals surface area contributed by atoms with Gasteiger partial charge >= 0.3 is 0 Å². The summed E-state index contributed by atoms with van der Waals surface area (Å²) in [6.45, 7) is 6.90. The van der Waals surface area contributed by atoms with Crippen LogP contribution >= 0.6 is 0 Å². The van der Waals surface area contributed by atoms with Gasteiger partial charge in [-0.25, -0.2) is 4.98 Å². The van der Waals surface area contributed by atoms with Crippen molar-refractivity contribution in [2.24, 2.45) is 4.99 Å². The van der Waals surface area contributed by atoms with Crippen LogP contribution in [0.2, 0.25) is 0 Å². The summed E-state index contributed by atoms with van der Waals surface area (Å²) in [7, 11) is 1.81. The molecule has 0 saturated carbocycles. The third kappa shape index (κ3) is 5.95. The minimum absolute atomic E-state index is 0.0187. The maximum Gasteiger partial charge on any atom is 0.191 e. The molecular weight excluding hydrogens is 358 g/mol. The molecule has 0 bridgehead atoms. The number of hydrogen-bond donors (Lipinski definition) is 2. The standard InChI is InChI=1S/C24H31N5/c1-24(2,21-12-8-5-9-13-21)19-28-23(25-3)27-15-14-22-26-16-17-29(22)18-20-10-6-4-7-11-20/h4-13,16-17H,14-15,18-19H2,1-3H3,(H2,25,27,28). The first-order chi connectivity index (χ1) is 14.1. The number of aliphatic imine (C=N–C) groups is 1. The van der Waals surface area contributed by atoms with Crippen LogP contribution in [0.4, 0.5) is 0 Å². The SMILES string of the molecule is CN=C(NCCc1nccn1Cc1ccccc1)NCC(C)(C)c1ccccc1. The van der Waals surface area contributed by atoms with Crippen LogP contribution in [0.25, 0.3) is 0 Å². The van der Waals surface area contributed by atoms with Crippen LogP contribution in [0.3, 0.4) is 0 Å². The highest BCUT2D eigenvalue weighted by Crippen LogP contribution is 2.21. The van der Waals surface area contributed by atoms with Gasteiger partial charge in [-0.05, 0) is 11.1 Å². The summed E-state index contributed by atoms with van der Waals surface area (Å²) in [5.41, 5.74) is 2.61. The quantitative estimate of drug-likeness (QED) is 0.457. The zero-order valence-electron chi connectivity index (χ0n) is 17.6. The lowest BCUT2D eigenvalue weighted by Gasteiger charge is -2.26. The number of aromatic nitrogens is 2. The predicted molar refractivity (Wildman–Crippen MR) is 120 cm³/mol. The van der Waals surface area contributed by atoms with Crippen molar-refractivity contribution in [1.82, 2.24) is 20.2 Å². The fraction of sp³-hybridized carbons (Fsp3) is 0.333. The molecule has 3 aromatic rings. The topological polar surface area (TPSA) is 54.2 Å². The zero-order chi connectivity index (χ0) is 20.5. The number of nitrogens with one attached hydrogen (secondary N) is 2. The van der Waals surface area contributed by atoms with E-state index in [1.807, 2.05) is 18.5 Å². The second-order valence-electron chi connectivity index (χ2n) is 7.81. The molecule has 2 N–H and O–H groups in total. The van der Waals surface area contributed by atoms with E-state index in [1.54, 1.807) is 7.05 Å².